The summed E-state index contributed by atoms with van der Waals surface area (Å²) in [5.74, 6) is 1.14. The summed E-state index contributed by atoms with van der Waals surface area (Å²) in [7, 11) is 0. The average Bonchev–Trinajstić information content (AvgIpc) is 2.44. The summed E-state index contributed by atoms with van der Waals surface area (Å²) in [5.41, 5.74) is 5.62. The summed E-state index contributed by atoms with van der Waals surface area (Å²) < 4.78 is 5.75. The van der Waals surface area contributed by atoms with Crippen molar-refractivity contribution in [2.24, 2.45) is 11.7 Å². The second kappa shape index (κ2) is 8.82. The number of hydrogen-bond donors (Lipinski definition) is 1. The fourth-order valence-electron chi connectivity index (χ4n) is 2.43. The van der Waals surface area contributed by atoms with E-state index in [2.05, 4.69) is 0 Å². The van der Waals surface area contributed by atoms with Crippen LogP contribution in [0.1, 0.15) is 19.8 Å². The Morgan fingerprint density at radius 1 is 1.32 bits per heavy atom. The fourth-order valence-corrected chi connectivity index (χ4v) is 2.94. The third-order valence-corrected chi connectivity index (χ3v) is 4.07. The number of carbonyl (C=O) groups is 1. The normalized spacial score (nSPS) is 16.8. The van der Waals surface area contributed by atoms with Gasteiger partial charge in [0.05, 0.1) is 12.6 Å². The first-order valence-electron chi connectivity index (χ1n) is 7.09. The van der Waals surface area contributed by atoms with Gasteiger partial charge in [-0.2, -0.15) is 0 Å². The van der Waals surface area contributed by atoms with Gasteiger partial charge in [0.1, 0.15) is 5.75 Å². The van der Waals surface area contributed by atoms with Crippen molar-refractivity contribution in [3.63, 3.8) is 0 Å². The van der Waals surface area contributed by atoms with Crippen molar-refractivity contribution in [3.8, 4) is 5.75 Å². The van der Waals surface area contributed by atoms with Gasteiger partial charge in [-0.15, -0.1) is 12.4 Å². The van der Waals surface area contributed by atoms with Crippen LogP contribution in [0.25, 0.3) is 0 Å². The number of rotatable bonds is 4. The van der Waals surface area contributed by atoms with E-state index in [0.29, 0.717) is 28.3 Å². The summed E-state index contributed by atoms with van der Waals surface area (Å²) in [4.78, 5) is 13.6. The summed E-state index contributed by atoms with van der Waals surface area (Å²) in [6.07, 6.45) is 1.85. The SMILES string of the molecule is C[C@@H](N)C(=O)N1CCC(COc2cc(Cl)cc(Cl)c2)CC1.Cl. The predicted molar refractivity (Wildman–Crippen MR) is 92.2 cm³/mol. The Morgan fingerprint density at radius 3 is 2.36 bits per heavy atom. The molecular formula is C15H21Cl3N2O2. The molecule has 1 fully saturated rings. The van der Waals surface area contributed by atoms with Crippen molar-refractivity contribution in [1.29, 1.82) is 0 Å². The molecule has 0 bridgehead atoms. The molecule has 2 rings (SSSR count). The largest absolute Gasteiger partial charge is 0.493 e. The van der Waals surface area contributed by atoms with Crippen molar-refractivity contribution in [2.45, 2.75) is 25.8 Å². The number of piperidine rings is 1. The number of amides is 1. The molecule has 0 aliphatic carbocycles. The first kappa shape index (κ1) is 19.4. The minimum Gasteiger partial charge on any atom is -0.493 e. The zero-order chi connectivity index (χ0) is 15.4. The van der Waals surface area contributed by atoms with E-state index in [9.17, 15) is 4.79 Å². The molecule has 22 heavy (non-hydrogen) atoms. The molecule has 1 amide bonds. The van der Waals surface area contributed by atoms with Gasteiger partial charge in [0.15, 0.2) is 0 Å². The first-order chi connectivity index (χ1) is 9.95. The second-order valence-corrected chi connectivity index (χ2v) is 6.35. The van der Waals surface area contributed by atoms with Gasteiger partial charge in [0.25, 0.3) is 0 Å². The van der Waals surface area contributed by atoms with E-state index in [1.807, 2.05) is 4.90 Å². The monoisotopic (exact) mass is 366 g/mol. The van der Waals surface area contributed by atoms with Crippen LogP contribution in [-0.4, -0.2) is 36.5 Å². The maximum atomic E-state index is 11.8. The number of hydrogen-bond acceptors (Lipinski definition) is 3. The van der Waals surface area contributed by atoms with E-state index in [1.54, 1.807) is 25.1 Å². The molecule has 0 unspecified atom stereocenters. The molecule has 1 atom stereocenters. The van der Waals surface area contributed by atoms with Crippen LogP contribution >= 0.6 is 35.6 Å². The maximum absolute atomic E-state index is 11.8. The minimum absolute atomic E-state index is 0. The predicted octanol–water partition coefficient (Wildman–Crippen LogP) is 3.38. The van der Waals surface area contributed by atoms with E-state index in [4.69, 9.17) is 33.7 Å². The lowest BCUT2D eigenvalue weighted by Crippen LogP contribution is -2.46. The quantitative estimate of drug-likeness (QED) is 0.887. The van der Waals surface area contributed by atoms with Gasteiger partial charge in [-0.1, -0.05) is 23.2 Å². The third-order valence-electron chi connectivity index (χ3n) is 3.64. The Bertz CT molecular complexity index is 483. The van der Waals surface area contributed by atoms with Gasteiger partial charge in [-0.05, 0) is 43.9 Å². The molecule has 0 spiro atoms. The van der Waals surface area contributed by atoms with E-state index >= 15 is 0 Å². The molecule has 0 radical (unpaired) electrons. The third kappa shape index (κ3) is 5.51. The summed E-state index contributed by atoms with van der Waals surface area (Å²) in [6.45, 7) is 3.81. The molecule has 1 heterocycles. The molecule has 1 aromatic rings. The van der Waals surface area contributed by atoms with Crippen molar-refractivity contribution >= 4 is 41.5 Å². The van der Waals surface area contributed by atoms with E-state index in [0.717, 1.165) is 25.9 Å². The van der Waals surface area contributed by atoms with Gasteiger partial charge in [0, 0.05) is 23.1 Å². The molecule has 1 aromatic carbocycles. The highest BCUT2D eigenvalue weighted by atomic mass is 35.5. The highest BCUT2D eigenvalue weighted by Gasteiger charge is 2.24. The zero-order valence-corrected chi connectivity index (χ0v) is 14.8. The smallest absolute Gasteiger partial charge is 0.239 e. The number of nitrogens with two attached hydrogens (primary N) is 1. The van der Waals surface area contributed by atoms with Crippen molar-refractivity contribution in [1.82, 2.24) is 4.90 Å². The highest BCUT2D eigenvalue weighted by molar-refractivity contribution is 6.34. The molecule has 7 heteroatoms. The molecule has 1 aliphatic rings. The number of halogens is 3. The van der Waals surface area contributed by atoms with Gasteiger partial charge >= 0.3 is 0 Å². The lowest BCUT2D eigenvalue weighted by molar-refractivity contribution is -0.133. The highest BCUT2D eigenvalue weighted by Crippen LogP contribution is 2.26. The van der Waals surface area contributed by atoms with Crippen LogP contribution in [0.3, 0.4) is 0 Å². The molecule has 0 saturated carbocycles. The van der Waals surface area contributed by atoms with Crippen molar-refractivity contribution < 1.29 is 9.53 Å². The zero-order valence-electron chi connectivity index (χ0n) is 12.4. The van der Waals surface area contributed by atoms with Crippen LogP contribution < -0.4 is 10.5 Å². The fraction of sp³-hybridized carbons (Fsp3) is 0.533. The standard InChI is InChI=1S/C15H20Cl2N2O2.ClH/c1-10(18)15(20)19-4-2-11(3-5-19)9-21-14-7-12(16)6-13(17)8-14;/h6-8,10-11H,2-5,9,18H2,1H3;1H/t10-;/m1./s1. The number of ether oxygens (including phenoxy) is 1. The van der Waals surface area contributed by atoms with Gasteiger partial charge in [-0.3, -0.25) is 4.79 Å². The van der Waals surface area contributed by atoms with Crippen LogP contribution in [0.5, 0.6) is 5.75 Å². The van der Waals surface area contributed by atoms with Crippen molar-refractivity contribution in [3.05, 3.63) is 28.2 Å². The Hall–Kier alpha value is -0.680. The second-order valence-electron chi connectivity index (χ2n) is 5.47. The van der Waals surface area contributed by atoms with Gasteiger partial charge in [-0.25, -0.2) is 0 Å². The number of nitrogens with zero attached hydrogens (tertiary/aromatic N) is 1. The average molecular weight is 368 g/mol. The molecule has 2 N–H and O–H groups in total. The molecule has 124 valence electrons. The Kier molecular flexibility index (Phi) is 7.77. The van der Waals surface area contributed by atoms with Crippen LogP contribution in [0, 0.1) is 5.92 Å². The summed E-state index contributed by atoms with van der Waals surface area (Å²) in [6, 6.07) is 4.75. The Labute approximate surface area is 147 Å². The van der Waals surface area contributed by atoms with Gasteiger partial charge in [0.2, 0.25) is 5.91 Å². The Morgan fingerprint density at radius 2 is 1.86 bits per heavy atom. The van der Waals surface area contributed by atoms with E-state index in [-0.39, 0.29) is 18.3 Å². The van der Waals surface area contributed by atoms with Gasteiger partial charge < -0.3 is 15.4 Å². The van der Waals surface area contributed by atoms with Crippen LogP contribution in [0.4, 0.5) is 0 Å². The molecule has 1 aliphatic heterocycles. The first-order valence-corrected chi connectivity index (χ1v) is 7.84. The summed E-state index contributed by atoms with van der Waals surface area (Å²) >= 11 is 11.9. The van der Waals surface area contributed by atoms with Crippen LogP contribution in [0.2, 0.25) is 10.0 Å². The maximum Gasteiger partial charge on any atom is 0.239 e. The number of carbonyl (C=O) groups excluding carboxylic acids is 1. The van der Waals surface area contributed by atoms with Crippen molar-refractivity contribution in [2.75, 3.05) is 19.7 Å². The lowest BCUT2D eigenvalue weighted by Gasteiger charge is -2.32. The Balaban J connectivity index is 0.00000242. The lowest BCUT2D eigenvalue weighted by atomic mass is 9.97. The topological polar surface area (TPSA) is 55.6 Å². The molecule has 1 saturated heterocycles. The van der Waals surface area contributed by atoms with E-state index in [1.165, 1.54) is 0 Å². The summed E-state index contributed by atoms with van der Waals surface area (Å²) in [5, 5.41) is 1.13. The van der Waals surface area contributed by atoms with Crippen LogP contribution in [0.15, 0.2) is 18.2 Å². The molecule has 0 aromatic heterocycles. The number of likely N-dealkylation sites (tertiary alicyclic amines) is 1. The minimum atomic E-state index is -0.425. The molecular weight excluding hydrogens is 347 g/mol. The number of benzene rings is 1. The van der Waals surface area contributed by atoms with E-state index < -0.39 is 6.04 Å². The van der Waals surface area contributed by atoms with Crippen LogP contribution in [-0.2, 0) is 4.79 Å². The molecule has 4 nitrogen and oxygen atoms in total.